The van der Waals surface area contributed by atoms with Crippen molar-refractivity contribution in [2.75, 3.05) is 6.61 Å². The van der Waals surface area contributed by atoms with Crippen molar-refractivity contribution in [3.05, 3.63) is 0 Å². The van der Waals surface area contributed by atoms with Gasteiger partial charge in [-0.2, -0.15) is 0 Å². The van der Waals surface area contributed by atoms with Crippen LogP contribution < -0.4 is 0 Å². The fourth-order valence-corrected chi connectivity index (χ4v) is 1.32. The van der Waals surface area contributed by atoms with Crippen LogP contribution in [0.15, 0.2) is 0 Å². The minimum Gasteiger partial charge on any atom is -0.394 e. The average Bonchev–Trinajstić information content (AvgIpc) is 2.39. The van der Waals surface area contributed by atoms with E-state index in [1.807, 2.05) is 0 Å². The highest BCUT2D eigenvalue weighted by atomic mass is 16.8. The summed E-state index contributed by atoms with van der Waals surface area (Å²) >= 11 is 0. The van der Waals surface area contributed by atoms with E-state index in [-0.39, 0.29) is 0 Å². The summed E-state index contributed by atoms with van der Waals surface area (Å²) in [6.45, 7) is 2.84. The number of aldehydes is 1. The fraction of sp³-hybridized carbons (Fsp3) is 0.875. The standard InChI is InChI=1S/C8H14O5/c1-8(2)12-6(4-10)7(13-8)5(11)3-9/h4-7,9,11H,3H2,1-2H3/t5-,6-,7-/m0/s1. The third kappa shape index (κ3) is 2.25. The zero-order valence-electron chi connectivity index (χ0n) is 7.64. The summed E-state index contributed by atoms with van der Waals surface area (Å²) in [5.41, 5.74) is 0. The summed E-state index contributed by atoms with van der Waals surface area (Å²) in [6.07, 6.45) is -2.11. The van der Waals surface area contributed by atoms with Crippen molar-refractivity contribution in [1.29, 1.82) is 0 Å². The number of aliphatic hydroxyl groups is 2. The summed E-state index contributed by atoms with van der Waals surface area (Å²) in [5, 5.41) is 18.0. The molecular weight excluding hydrogens is 176 g/mol. The van der Waals surface area contributed by atoms with Crippen LogP contribution in [0.25, 0.3) is 0 Å². The largest absolute Gasteiger partial charge is 0.394 e. The highest BCUT2D eigenvalue weighted by Crippen LogP contribution is 2.28. The molecule has 1 heterocycles. The monoisotopic (exact) mass is 190 g/mol. The molecule has 1 aliphatic rings. The maximum atomic E-state index is 10.5. The van der Waals surface area contributed by atoms with Gasteiger partial charge in [-0.15, -0.1) is 0 Å². The molecule has 13 heavy (non-hydrogen) atoms. The highest BCUT2D eigenvalue weighted by Gasteiger charge is 2.44. The molecule has 0 aliphatic carbocycles. The van der Waals surface area contributed by atoms with E-state index in [0.29, 0.717) is 6.29 Å². The topological polar surface area (TPSA) is 76.0 Å². The number of hydrogen-bond donors (Lipinski definition) is 2. The zero-order chi connectivity index (χ0) is 10.1. The fourth-order valence-electron chi connectivity index (χ4n) is 1.32. The van der Waals surface area contributed by atoms with Crippen molar-refractivity contribution in [3.8, 4) is 0 Å². The van der Waals surface area contributed by atoms with Crippen LogP contribution in [-0.2, 0) is 14.3 Å². The molecule has 0 saturated carbocycles. The lowest BCUT2D eigenvalue weighted by molar-refractivity contribution is -0.158. The smallest absolute Gasteiger partial charge is 0.164 e. The van der Waals surface area contributed by atoms with Crippen LogP contribution in [0.1, 0.15) is 13.8 Å². The Morgan fingerprint density at radius 1 is 1.54 bits per heavy atom. The van der Waals surface area contributed by atoms with E-state index < -0.39 is 30.7 Å². The minimum atomic E-state index is -1.09. The predicted octanol–water partition coefficient (Wildman–Crippen LogP) is -0.941. The van der Waals surface area contributed by atoms with Crippen molar-refractivity contribution in [2.45, 2.75) is 37.9 Å². The molecule has 5 heteroatoms. The molecule has 0 amide bonds. The quantitative estimate of drug-likeness (QED) is 0.562. The van der Waals surface area contributed by atoms with E-state index in [4.69, 9.17) is 14.6 Å². The molecule has 0 radical (unpaired) electrons. The first-order valence-electron chi connectivity index (χ1n) is 4.10. The first kappa shape index (κ1) is 10.6. The molecule has 0 aromatic rings. The van der Waals surface area contributed by atoms with Crippen molar-refractivity contribution < 1.29 is 24.5 Å². The van der Waals surface area contributed by atoms with Crippen LogP contribution in [0.2, 0.25) is 0 Å². The number of carbonyl (C=O) groups excluding carboxylic acids is 1. The molecule has 1 rings (SSSR count). The van der Waals surface area contributed by atoms with Gasteiger partial charge in [0, 0.05) is 0 Å². The molecule has 0 aromatic carbocycles. The molecule has 2 N–H and O–H groups in total. The summed E-state index contributed by atoms with van der Waals surface area (Å²) in [5.74, 6) is -0.883. The Labute approximate surface area is 76.3 Å². The Hall–Kier alpha value is -0.490. The van der Waals surface area contributed by atoms with Crippen LogP contribution in [0.4, 0.5) is 0 Å². The maximum absolute atomic E-state index is 10.5. The number of ether oxygens (including phenoxy) is 2. The molecule has 3 atom stereocenters. The lowest BCUT2D eigenvalue weighted by atomic mass is 10.1. The van der Waals surface area contributed by atoms with Gasteiger partial charge < -0.3 is 24.5 Å². The molecule has 1 fully saturated rings. The Morgan fingerprint density at radius 2 is 2.15 bits per heavy atom. The van der Waals surface area contributed by atoms with E-state index >= 15 is 0 Å². The van der Waals surface area contributed by atoms with Crippen molar-refractivity contribution in [3.63, 3.8) is 0 Å². The Morgan fingerprint density at radius 3 is 2.62 bits per heavy atom. The zero-order valence-corrected chi connectivity index (χ0v) is 7.64. The third-order valence-corrected chi connectivity index (χ3v) is 1.86. The van der Waals surface area contributed by atoms with Crippen LogP contribution in [-0.4, -0.2) is 47.2 Å². The lowest BCUT2D eigenvalue weighted by Crippen LogP contribution is -2.38. The van der Waals surface area contributed by atoms with Crippen molar-refractivity contribution >= 4 is 6.29 Å². The SMILES string of the molecule is CC1(C)O[C@@H]([C@@H](O)CO)[C@H](C=O)O1. The molecule has 0 unspecified atom stereocenters. The summed E-state index contributed by atoms with van der Waals surface area (Å²) in [6, 6.07) is 0. The first-order valence-corrected chi connectivity index (χ1v) is 4.10. The second-order valence-electron chi connectivity index (χ2n) is 3.45. The Kier molecular flexibility index (Phi) is 3.02. The third-order valence-electron chi connectivity index (χ3n) is 1.86. The van der Waals surface area contributed by atoms with Gasteiger partial charge in [0.2, 0.25) is 0 Å². The number of rotatable bonds is 3. The van der Waals surface area contributed by atoms with Gasteiger partial charge in [-0.3, -0.25) is 0 Å². The molecular formula is C8H14O5. The van der Waals surface area contributed by atoms with E-state index in [9.17, 15) is 9.90 Å². The molecule has 76 valence electrons. The van der Waals surface area contributed by atoms with Gasteiger partial charge in [0.15, 0.2) is 12.1 Å². The van der Waals surface area contributed by atoms with Gasteiger partial charge in [0.25, 0.3) is 0 Å². The maximum Gasteiger partial charge on any atom is 0.164 e. The van der Waals surface area contributed by atoms with Gasteiger partial charge in [0.05, 0.1) is 6.61 Å². The van der Waals surface area contributed by atoms with Gasteiger partial charge in [-0.1, -0.05) is 0 Å². The number of aliphatic hydroxyl groups excluding tert-OH is 2. The van der Waals surface area contributed by atoms with Crippen LogP contribution in [0.5, 0.6) is 0 Å². The normalized spacial score (nSPS) is 34.5. The van der Waals surface area contributed by atoms with Crippen molar-refractivity contribution in [1.82, 2.24) is 0 Å². The van der Waals surface area contributed by atoms with Gasteiger partial charge >= 0.3 is 0 Å². The van der Waals surface area contributed by atoms with Gasteiger partial charge in [-0.05, 0) is 13.8 Å². The second-order valence-corrected chi connectivity index (χ2v) is 3.45. The summed E-state index contributed by atoms with van der Waals surface area (Å²) in [7, 11) is 0. The Balaban J connectivity index is 2.68. The van der Waals surface area contributed by atoms with Crippen LogP contribution in [0.3, 0.4) is 0 Å². The van der Waals surface area contributed by atoms with Crippen molar-refractivity contribution in [2.24, 2.45) is 0 Å². The lowest BCUT2D eigenvalue weighted by Gasteiger charge is -2.19. The van der Waals surface area contributed by atoms with Gasteiger partial charge in [0.1, 0.15) is 18.3 Å². The highest BCUT2D eigenvalue weighted by molar-refractivity contribution is 5.58. The summed E-state index contributed by atoms with van der Waals surface area (Å²) < 4.78 is 10.4. The van der Waals surface area contributed by atoms with Crippen LogP contribution in [0, 0.1) is 0 Å². The van der Waals surface area contributed by atoms with E-state index in [1.54, 1.807) is 13.8 Å². The molecule has 1 saturated heterocycles. The number of hydrogen-bond acceptors (Lipinski definition) is 5. The molecule has 0 aromatic heterocycles. The Bertz CT molecular complexity index is 191. The second kappa shape index (κ2) is 3.71. The minimum absolute atomic E-state index is 0.450. The van der Waals surface area contributed by atoms with E-state index in [1.165, 1.54) is 0 Å². The molecule has 5 nitrogen and oxygen atoms in total. The number of carbonyl (C=O) groups is 1. The van der Waals surface area contributed by atoms with Gasteiger partial charge in [-0.25, -0.2) is 0 Å². The van der Waals surface area contributed by atoms with Crippen LogP contribution >= 0.6 is 0 Å². The predicted molar refractivity (Wildman–Crippen MR) is 43.0 cm³/mol. The summed E-state index contributed by atoms with van der Waals surface area (Å²) in [4.78, 5) is 10.5. The molecule has 0 spiro atoms. The van der Waals surface area contributed by atoms with E-state index in [0.717, 1.165) is 0 Å². The average molecular weight is 190 g/mol. The first-order chi connectivity index (χ1) is 6.00. The van der Waals surface area contributed by atoms with E-state index in [2.05, 4.69) is 0 Å². The molecule has 0 bridgehead atoms. The molecule has 1 aliphatic heterocycles.